The van der Waals surface area contributed by atoms with E-state index in [2.05, 4.69) is 5.32 Å². The summed E-state index contributed by atoms with van der Waals surface area (Å²) in [5.74, 6) is -1.64. The first-order valence-corrected chi connectivity index (χ1v) is 6.12. The monoisotopic (exact) mass is 298 g/mol. The van der Waals surface area contributed by atoms with Gasteiger partial charge in [-0.15, -0.1) is 0 Å². The SMILES string of the molecule is O=C(O)C1C=CC(Nc2ccc([N+](=O)[O-])cc2C(F)F)C1. The van der Waals surface area contributed by atoms with Crippen LogP contribution in [0.1, 0.15) is 18.4 Å². The number of carbonyl (C=O) groups is 1. The molecule has 1 aliphatic carbocycles. The third kappa shape index (κ3) is 3.33. The lowest BCUT2D eigenvalue weighted by molar-refractivity contribution is -0.385. The Balaban J connectivity index is 2.19. The number of hydrogen-bond acceptors (Lipinski definition) is 4. The fourth-order valence-electron chi connectivity index (χ4n) is 2.16. The lowest BCUT2D eigenvalue weighted by atomic mass is 10.1. The Morgan fingerprint density at radius 1 is 1.43 bits per heavy atom. The third-order valence-electron chi connectivity index (χ3n) is 3.22. The molecule has 0 fully saturated rings. The van der Waals surface area contributed by atoms with Crippen molar-refractivity contribution < 1.29 is 23.6 Å². The average Bonchev–Trinajstić information content (AvgIpc) is 2.87. The number of non-ortho nitro benzene ring substituents is 1. The van der Waals surface area contributed by atoms with Crippen LogP contribution in [-0.4, -0.2) is 22.0 Å². The third-order valence-corrected chi connectivity index (χ3v) is 3.22. The molecule has 0 bridgehead atoms. The van der Waals surface area contributed by atoms with Crippen LogP contribution in [0, 0.1) is 16.0 Å². The van der Waals surface area contributed by atoms with E-state index < -0.39 is 40.5 Å². The quantitative estimate of drug-likeness (QED) is 0.495. The minimum atomic E-state index is -2.87. The average molecular weight is 298 g/mol. The minimum absolute atomic E-state index is 0.0660. The number of aliphatic carboxylic acids is 1. The molecule has 2 N–H and O–H groups in total. The highest BCUT2D eigenvalue weighted by Crippen LogP contribution is 2.32. The molecule has 0 saturated heterocycles. The van der Waals surface area contributed by atoms with Gasteiger partial charge in [0.15, 0.2) is 0 Å². The molecule has 112 valence electrons. The van der Waals surface area contributed by atoms with Gasteiger partial charge in [-0.05, 0) is 12.5 Å². The van der Waals surface area contributed by atoms with Crippen molar-refractivity contribution in [1.82, 2.24) is 0 Å². The molecule has 0 radical (unpaired) electrons. The summed E-state index contributed by atoms with van der Waals surface area (Å²) in [5.41, 5.74) is -0.825. The van der Waals surface area contributed by atoms with Gasteiger partial charge < -0.3 is 10.4 Å². The van der Waals surface area contributed by atoms with Crippen LogP contribution < -0.4 is 5.32 Å². The molecular formula is C13H12F2N2O4. The maximum atomic E-state index is 13.0. The Bertz CT molecular complexity index is 604. The largest absolute Gasteiger partial charge is 0.481 e. The van der Waals surface area contributed by atoms with E-state index >= 15 is 0 Å². The Morgan fingerprint density at radius 2 is 2.14 bits per heavy atom. The standard InChI is InChI=1S/C13H12F2N2O4/c14-12(15)10-6-9(17(20)21)3-4-11(10)16-8-2-1-7(5-8)13(18)19/h1-4,6-8,12,16H,5H2,(H,18,19). The fourth-order valence-corrected chi connectivity index (χ4v) is 2.16. The summed E-state index contributed by atoms with van der Waals surface area (Å²) >= 11 is 0. The van der Waals surface area contributed by atoms with Crippen LogP contribution in [0.25, 0.3) is 0 Å². The summed E-state index contributed by atoms with van der Waals surface area (Å²) in [6.07, 6.45) is 0.464. The molecule has 6 nitrogen and oxygen atoms in total. The second kappa shape index (κ2) is 5.86. The molecule has 8 heteroatoms. The predicted octanol–water partition coefficient (Wildman–Crippen LogP) is 2.97. The van der Waals surface area contributed by atoms with Crippen molar-refractivity contribution in [3.8, 4) is 0 Å². The molecule has 0 heterocycles. The first-order valence-electron chi connectivity index (χ1n) is 6.12. The number of nitrogens with zero attached hydrogens (tertiary/aromatic N) is 1. The van der Waals surface area contributed by atoms with E-state index in [1.54, 1.807) is 6.08 Å². The highest BCUT2D eigenvalue weighted by Gasteiger charge is 2.26. The van der Waals surface area contributed by atoms with Gasteiger partial charge in [0.05, 0.1) is 10.8 Å². The van der Waals surface area contributed by atoms with Crippen LogP contribution in [0.2, 0.25) is 0 Å². The summed E-state index contributed by atoms with van der Waals surface area (Å²) in [7, 11) is 0. The predicted molar refractivity (Wildman–Crippen MR) is 70.3 cm³/mol. The van der Waals surface area contributed by atoms with Gasteiger partial charge in [0.25, 0.3) is 12.1 Å². The van der Waals surface area contributed by atoms with Gasteiger partial charge in [0, 0.05) is 29.4 Å². The second-order valence-corrected chi connectivity index (χ2v) is 4.65. The van der Waals surface area contributed by atoms with E-state index in [-0.39, 0.29) is 12.1 Å². The summed E-state index contributed by atoms with van der Waals surface area (Å²) in [4.78, 5) is 20.7. The molecule has 0 spiro atoms. The van der Waals surface area contributed by atoms with Gasteiger partial charge in [-0.2, -0.15) is 0 Å². The maximum absolute atomic E-state index is 13.0. The van der Waals surface area contributed by atoms with Gasteiger partial charge in [0.2, 0.25) is 0 Å². The number of nitro benzene ring substituents is 1. The van der Waals surface area contributed by atoms with Gasteiger partial charge in [-0.25, -0.2) is 8.78 Å². The Hall–Kier alpha value is -2.51. The highest BCUT2D eigenvalue weighted by molar-refractivity contribution is 5.73. The van der Waals surface area contributed by atoms with Crippen LogP contribution in [0.4, 0.5) is 20.2 Å². The molecule has 0 saturated carbocycles. The summed E-state index contributed by atoms with van der Waals surface area (Å²) < 4.78 is 26.0. The first-order chi connectivity index (χ1) is 9.88. The fraction of sp³-hybridized carbons (Fsp3) is 0.308. The van der Waals surface area contributed by atoms with Crippen LogP contribution in [0.3, 0.4) is 0 Å². The normalized spacial score (nSPS) is 20.7. The summed E-state index contributed by atoms with van der Waals surface area (Å²) in [5, 5.41) is 22.3. The molecule has 1 aromatic carbocycles. The van der Waals surface area contributed by atoms with E-state index in [4.69, 9.17) is 5.11 Å². The van der Waals surface area contributed by atoms with Crippen LogP contribution in [-0.2, 0) is 4.79 Å². The zero-order chi connectivity index (χ0) is 15.6. The number of carboxylic acid groups (broad SMARTS) is 1. The lowest BCUT2D eigenvalue weighted by Gasteiger charge is -2.16. The van der Waals surface area contributed by atoms with Crippen molar-refractivity contribution in [2.24, 2.45) is 5.92 Å². The highest BCUT2D eigenvalue weighted by atomic mass is 19.3. The molecule has 21 heavy (non-hydrogen) atoms. The molecule has 1 aromatic rings. The van der Waals surface area contributed by atoms with Crippen molar-refractivity contribution in [3.63, 3.8) is 0 Å². The maximum Gasteiger partial charge on any atom is 0.310 e. The van der Waals surface area contributed by atoms with Gasteiger partial charge >= 0.3 is 5.97 Å². The van der Waals surface area contributed by atoms with Crippen molar-refractivity contribution in [3.05, 3.63) is 46.0 Å². The number of benzene rings is 1. The Morgan fingerprint density at radius 3 is 2.67 bits per heavy atom. The van der Waals surface area contributed by atoms with Crippen LogP contribution in [0.5, 0.6) is 0 Å². The molecule has 2 atom stereocenters. The molecule has 0 amide bonds. The number of nitro groups is 1. The van der Waals surface area contributed by atoms with Crippen molar-refractivity contribution >= 4 is 17.3 Å². The number of rotatable bonds is 5. The van der Waals surface area contributed by atoms with Gasteiger partial charge in [-0.1, -0.05) is 12.2 Å². The minimum Gasteiger partial charge on any atom is -0.481 e. The van der Waals surface area contributed by atoms with E-state index in [1.807, 2.05) is 0 Å². The number of anilines is 1. The zero-order valence-corrected chi connectivity index (χ0v) is 10.7. The topological polar surface area (TPSA) is 92.5 Å². The van der Waals surface area contributed by atoms with E-state index in [1.165, 1.54) is 12.1 Å². The summed E-state index contributed by atoms with van der Waals surface area (Å²) in [6, 6.07) is 2.76. The van der Waals surface area contributed by atoms with E-state index in [0.29, 0.717) is 0 Å². The molecule has 2 unspecified atom stereocenters. The number of nitrogens with one attached hydrogen (secondary N) is 1. The zero-order valence-electron chi connectivity index (χ0n) is 10.7. The van der Waals surface area contributed by atoms with E-state index in [9.17, 15) is 23.7 Å². The number of alkyl halides is 2. The number of carboxylic acids is 1. The number of hydrogen-bond donors (Lipinski definition) is 2. The molecular weight excluding hydrogens is 286 g/mol. The molecule has 2 rings (SSSR count). The molecule has 1 aliphatic rings. The Kier molecular flexibility index (Phi) is 4.15. The van der Waals surface area contributed by atoms with Gasteiger partial charge in [-0.3, -0.25) is 14.9 Å². The number of halogens is 2. The van der Waals surface area contributed by atoms with Crippen LogP contribution in [0.15, 0.2) is 30.4 Å². The van der Waals surface area contributed by atoms with Gasteiger partial charge in [0.1, 0.15) is 0 Å². The second-order valence-electron chi connectivity index (χ2n) is 4.65. The van der Waals surface area contributed by atoms with Crippen molar-refractivity contribution in [2.75, 3.05) is 5.32 Å². The first kappa shape index (κ1) is 14.9. The van der Waals surface area contributed by atoms with Crippen molar-refractivity contribution in [1.29, 1.82) is 0 Å². The van der Waals surface area contributed by atoms with Crippen LogP contribution >= 0.6 is 0 Å². The molecule has 0 aliphatic heterocycles. The Labute approximate surface area is 118 Å². The smallest absolute Gasteiger partial charge is 0.310 e. The molecule has 0 aromatic heterocycles. The summed E-state index contributed by atoms with van der Waals surface area (Å²) in [6.45, 7) is 0. The lowest BCUT2D eigenvalue weighted by Crippen LogP contribution is -2.19. The van der Waals surface area contributed by atoms with E-state index in [0.717, 1.165) is 12.1 Å². The van der Waals surface area contributed by atoms with Crippen molar-refractivity contribution in [2.45, 2.75) is 18.9 Å².